The van der Waals surface area contributed by atoms with Gasteiger partial charge in [0.2, 0.25) is 41.4 Å². The Labute approximate surface area is 395 Å². The fourth-order valence-electron chi connectivity index (χ4n) is 7.43. The summed E-state index contributed by atoms with van der Waals surface area (Å²) in [4.78, 5) is 101. The van der Waals surface area contributed by atoms with Gasteiger partial charge in [-0.15, -0.1) is 0 Å². The van der Waals surface area contributed by atoms with Gasteiger partial charge in [-0.05, 0) is 54.7 Å². The maximum atomic E-state index is 13.5. The van der Waals surface area contributed by atoms with Gasteiger partial charge in [0, 0.05) is 25.7 Å². The topological polar surface area (TPSA) is 269 Å². The predicted octanol–water partition coefficient (Wildman–Crippen LogP) is 4.60. The molecule has 2 aromatic rings. The van der Waals surface area contributed by atoms with E-state index < -0.39 is 78.0 Å². The maximum Gasteiger partial charge on any atom is 0.326 e. The number of unbranched alkanes of at least 4 members (excludes halogenated alkanes) is 11. The number of hydrogen-bond donors (Lipinski definition) is 8. The molecule has 7 amide bonds. The van der Waals surface area contributed by atoms with E-state index in [9.17, 15) is 43.5 Å². The van der Waals surface area contributed by atoms with Crippen molar-refractivity contribution >= 4 is 59.1 Å². The fraction of sp³-hybridized carbons (Fsp3) is 0.592. The Balaban J connectivity index is 1.63. The van der Waals surface area contributed by atoms with E-state index in [2.05, 4.69) is 26.6 Å². The predicted molar refractivity (Wildman–Crippen MR) is 258 cm³/mol. The molecule has 0 spiro atoms. The third-order valence-electron chi connectivity index (χ3n) is 11.1. The van der Waals surface area contributed by atoms with E-state index >= 15 is 0 Å². The van der Waals surface area contributed by atoms with Crippen molar-refractivity contribution in [3.05, 3.63) is 71.8 Å². The molecule has 366 valence electrons. The van der Waals surface area contributed by atoms with Gasteiger partial charge in [-0.2, -0.15) is 11.8 Å². The SMILES string of the molecule is CSCC[C@H](NC(=O)CCCCCCCCCCCCCCC(=O)N[C@@H](CC(N)=O)C(=O)N[C@@H](Cc1ccccc1)C(=O)O)C(=O)N[C@@H](CC(C)C)C(=O)N[C@@H](Cc1ccccc1)C(N)=O. The molecule has 0 saturated carbocycles. The Morgan fingerprint density at radius 3 is 1.35 bits per heavy atom. The first-order valence-corrected chi connectivity index (χ1v) is 24.9. The minimum atomic E-state index is -1.27. The van der Waals surface area contributed by atoms with Crippen LogP contribution < -0.4 is 38.1 Å². The summed E-state index contributed by atoms with van der Waals surface area (Å²) in [7, 11) is 0. The number of rotatable bonds is 36. The van der Waals surface area contributed by atoms with Gasteiger partial charge in [-0.1, -0.05) is 139 Å². The molecule has 16 nitrogen and oxygen atoms in total. The van der Waals surface area contributed by atoms with Crippen molar-refractivity contribution in [2.75, 3.05) is 12.0 Å². The Kier molecular flexibility index (Phi) is 28.4. The summed E-state index contributed by atoms with van der Waals surface area (Å²) in [5, 5.41) is 23.1. The lowest BCUT2D eigenvalue weighted by atomic mass is 10.0. The molecule has 10 N–H and O–H groups in total. The molecule has 0 aromatic heterocycles. The largest absolute Gasteiger partial charge is 0.480 e. The van der Waals surface area contributed by atoms with Crippen molar-refractivity contribution < 1.29 is 43.5 Å². The van der Waals surface area contributed by atoms with Gasteiger partial charge < -0.3 is 43.2 Å². The van der Waals surface area contributed by atoms with Gasteiger partial charge >= 0.3 is 5.97 Å². The molecule has 0 saturated heterocycles. The number of carbonyl (C=O) groups excluding carboxylic acids is 7. The second-order valence-corrected chi connectivity index (χ2v) is 18.4. The number of nitrogens with one attached hydrogen (secondary N) is 5. The Bertz CT molecular complexity index is 1800. The number of hydrogen-bond acceptors (Lipinski definition) is 9. The van der Waals surface area contributed by atoms with Crippen LogP contribution in [0, 0.1) is 5.92 Å². The van der Waals surface area contributed by atoms with Crippen LogP contribution in [0.4, 0.5) is 0 Å². The molecular formula is C49H75N7O9S. The molecule has 66 heavy (non-hydrogen) atoms. The van der Waals surface area contributed by atoms with Crippen molar-refractivity contribution in [1.82, 2.24) is 26.6 Å². The van der Waals surface area contributed by atoms with E-state index in [0.29, 0.717) is 43.4 Å². The number of primary amides is 2. The molecule has 0 radical (unpaired) electrons. The zero-order valence-corrected chi connectivity index (χ0v) is 40.0. The first-order valence-electron chi connectivity index (χ1n) is 23.5. The summed E-state index contributed by atoms with van der Waals surface area (Å²) in [6.07, 6.45) is 14.4. The number of nitrogens with two attached hydrogens (primary N) is 2. The summed E-state index contributed by atoms with van der Waals surface area (Å²) in [6.45, 7) is 3.87. The third-order valence-corrected chi connectivity index (χ3v) is 11.7. The highest BCUT2D eigenvalue weighted by molar-refractivity contribution is 7.98. The van der Waals surface area contributed by atoms with Crippen LogP contribution in [0.3, 0.4) is 0 Å². The monoisotopic (exact) mass is 938 g/mol. The van der Waals surface area contributed by atoms with E-state index in [1.165, 1.54) is 0 Å². The Morgan fingerprint density at radius 2 is 0.924 bits per heavy atom. The zero-order chi connectivity index (χ0) is 48.7. The summed E-state index contributed by atoms with van der Waals surface area (Å²) < 4.78 is 0. The van der Waals surface area contributed by atoms with Crippen molar-refractivity contribution in [3.63, 3.8) is 0 Å². The van der Waals surface area contributed by atoms with Crippen LogP contribution in [-0.4, -0.2) is 94.6 Å². The highest BCUT2D eigenvalue weighted by Gasteiger charge is 2.30. The van der Waals surface area contributed by atoms with E-state index in [-0.39, 0.29) is 31.1 Å². The van der Waals surface area contributed by atoms with Gasteiger partial charge in [-0.25, -0.2) is 4.79 Å². The quantitative estimate of drug-likeness (QED) is 0.0440. The molecule has 0 bridgehead atoms. The van der Waals surface area contributed by atoms with Gasteiger partial charge in [0.25, 0.3) is 0 Å². The van der Waals surface area contributed by atoms with Crippen molar-refractivity contribution in [3.8, 4) is 0 Å². The van der Waals surface area contributed by atoms with E-state index in [1.54, 1.807) is 42.1 Å². The van der Waals surface area contributed by atoms with Crippen LogP contribution in [0.15, 0.2) is 60.7 Å². The molecule has 0 fully saturated rings. The number of aliphatic carboxylic acids is 1. The van der Waals surface area contributed by atoms with Crippen molar-refractivity contribution in [1.29, 1.82) is 0 Å². The second-order valence-electron chi connectivity index (χ2n) is 17.4. The molecular weight excluding hydrogens is 863 g/mol. The molecule has 5 atom stereocenters. The molecule has 2 aromatic carbocycles. The van der Waals surface area contributed by atoms with Crippen molar-refractivity contribution in [2.45, 2.75) is 166 Å². The fourth-order valence-corrected chi connectivity index (χ4v) is 7.90. The summed E-state index contributed by atoms with van der Waals surface area (Å²) in [6, 6.07) is 12.9. The lowest BCUT2D eigenvalue weighted by Crippen LogP contribution is -2.57. The highest BCUT2D eigenvalue weighted by Crippen LogP contribution is 2.15. The minimum absolute atomic E-state index is 0.0404. The van der Waals surface area contributed by atoms with Gasteiger partial charge in [-0.3, -0.25) is 33.6 Å². The molecule has 0 heterocycles. The molecule has 2 rings (SSSR count). The summed E-state index contributed by atoms with van der Waals surface area (Å²) in [5.41, 5.74) is 12.5. The smallest absolute Gasteiger partial charge is 0.326 e. The first-order chi connectivity index (χ1) is 31.6. The zero-order valence-electron chi connectivity index (χ0n) is 39.2. The van der Waals surface area contributed by atoms with Gasteiger partial charge in [0.1, 0.15) is 30.2 Å². The van der Waals surface area contributed by atoms with Crippen molar-refractivity contribution in [2.24, 2.45) is 17.4 Å². The molecule has 17 heteroatoms. The van der Waals surface area contributed by atoms with Gasteiger partial charge in [0.15, 0.2) is 0 Å². The summed E-state index contributed by atoms with van der Waals surface area (Å²) >= 11 is 1.56. The van der Waals surface area contributed by atoms with Crippen LogP contribution in [0.2, 0.25) is 0 Å². The standard InChI is InChI=1S/C49H75N7O9S/c1-34(2)30-39(47(62)54-38(45(51)60)31-35-22-16-14-17-23-35)55-46(61)37(28-29-66-3)52-43(58)26-20-12-10-8-6-4-5-7-9-11-13-21-27-44(59)53-40(33-42(50)57)48(63)56-41(49(64)65)32-36-24-18-15-19-25-36/h14-19,22-25,34,37-41H,4-13,20-21,26-33H2,1-3H3,(H2,50,57)(H2,51,60)(H,52,58)(H,53,59)(H,54,62)(H,55,61)(H,56,63)(H,64,65)/t37-,38-,39-,40-,41-/m0/s1. The molecule has 0 aliphatic rings. The number of benzene rings is 2. The number of carboxylic acid groups (broad SMARTS) is 1. The normalized spacial score (nSPS) is 13.3. The number of carbonyl (C=O) groups is 8. The van der Waals surface area contributed by atoms with Crippen LogP contribution in [0.5, 0.6) is 0 Å². The van der Waals surface area contributed by atoms with E-state index in [1.807, 2.05) is 50.4 Å². The molecule has 0 aliphatic heterocycles. The number of amides is 7. The number of carboxylic acids is 1. The van der Waals surface area contributed by atoms with E-state index in [4.69, 9.17) is 11.5 Å². The lowest BCUT2D eigenvalue weighted by molar-refractivity contribution is -0.142. The first kappa shape index (κ1) is 56.7. The van der Waals surface area contributed by atoms with Crippen LogP contribution in [0.1, 0.15) is 134 Å². The van der Waals surface area contributed by atoms with Crippen LogP contribution >= 0.6 is 11.8 Å². The van der Waals surface area contributed by atoms with E-state index in [0.717, 1.165) is 69.8 Å². The van der Waals surface area contributed by atoms with Crippen LogP contribution in [0.25, 0.3) is 0 Å². The average molecular weight is 938 g/mol. The maximum absolute atomic E-state index is 13.5. The second kappa shape index (κ2) is 33.1. The highest BCUT2D eigenvalue weighted by atomic mass is 32.2. The number of thioether (sulfide) groups is 1. The lowest BCUT2D eigenvalue weighted by Gasteiger charge is -2.26. The van der Waals surface area contributed by atoms with Crippen LogP contribution in [-0.2, 0) is 51.2 Å². The Morgan fingerprint density at radius 1 is 0.530 bits per heavy atom. The van der Waals surface area contributed by atoms with Gasteiger partial charge in [0.05, 0.1) is 6.42 Å². The third kappa shape index (κ3) is 25.3. The minimum Gasteiger partial charge on any atom is -0.480 e. The molecule has 0 unspecified atom stereocenters. The molecule has 0 aliphatic carbocycles. The average Bonchev–Trinajstić information content (AvgIpc) is 3.27. The Hall–Kier alpha value is -5.45. The summed E-state index contributed by atoms with van der Waals surface area (Å²) in [5.74, 6) is -4.34.